The van der Waals surface area contributed by atoms with Crippen LogP contribution in [0.15, 0.2) is 60.0 Å². The smallest absolute Gasteiger partial charge is 0.254 e. The van der Waals surface area contributed by atoms with Crippen LogP contribution in [0.25, 0.3) is 11.3 Å². The number of nitrogens with zero attached hydrogens (tertiary/aromatic N) is 2. The first-order valence-corrected chi connectivity index (χ1v) is 10.5. The van der Waals surface area contributed by atoms with Crippen LogP contribution in [0.5, 0.6) is 0 Å². The highest BCUT2D eigenvalue weighted by molar-refractivity contribution is 7.14. The number of aryl methyl sites for hydroxylation is 1. The maximum atomic E-state index is 13.0. The highest BCUT2D eigenvalue weighted by Crippen LogP contribution is 2.24. The lowest BCUT2D eigenvalue weighted by Crippen LogP contribution is -2.40. The van der Waals surface area contributed by atoms with E-state index in [1.165, 1.54) is 11.3 Å². The third-order valence-electron chi connectivity index (χ3n) is 4.40. The molecule has 0 aliphatic rings. The Bertz CT molecular complexity index is 983. The lowest BCUT2D eigenvalue weighted by Gasteiger charge is -2.24. The Balaban J connectivity index is 1.70. The van der Waals surface area contributed by atoms with Gasteiger partial charge in [-0.25, -0.2) is 4.98 Å². The third kappa shape index (κ3) is 5.51. The van der Waals surface area contributed by atoms with E-state index in [4.69, 9.17) is 0 Å². The summed E-state index contributed by atoms with van der Waals surface area (Å²) in [7, 11) is 0. The van der Waals surface area contributed by atoms with Crippen molar-refractivity contribution in [1.82, 2.24) is 9.88 Å². The fourth-order valence-corrected chi connectivity index (χ4v) is 3.78. The second kappa shape index (κ2) is 9.47. The van der Waals surface area contributed by atoms with Crippen LogP contribution < -0.4 is 5.32 Å². The van der Waals surface area contributed by atoms with E-state index in [-0.39, 0.29) is 24.3 Å². The van der Waals surface area contributed by atoms with Gasteiger partial charge in [0.25, 0.3) is 5.91 Å². The summed E-state index contributed by atoms with van der Waals surface area (Å²) in [5, 5.41) is 5.27. The number of carbonyl (C=O) groups is 2. The van der Waals surface area contributed by atoms with Crippen LogP contribution in [-0.4, -0.2) is 34.8 Å². The first kappa shape index (κ1) is 20.7. The number of rotatable bonds is 7. The molecule has 0 aliphatic heterocycles. The van der Waals surface area contributed by atoms with Crippen LogP contribution in [0.4, 0.5) is 5.13 Å². The molecule has 150 valence electrons. The molecule has 3 rings (SSSR count). The SMILES string of the molecule is Cc1ccccc1C(=O)N(CC(=O)Nc1nc(-c2ccccc2)cs1)CC(C)C. The van der Waals surface area contributed by atoms with Gasteiger partial charge in [-0.2, -0.15) is 0 Å². The molecule has 2 amide bonds. The molecule has 1 N–H and O–H groups in total. The molecule has 0 bridgehead atoms. The molecule has 0 aliphatic carbocycles. The van der Waals surface area contributed by atoms with E-state index in [1.54, 1.807) is 11.0 Å². The first-order chi connectivity index (χ1) is 13.9. The van der Waals surface area contributed by atoms with Crippen LogP contribution in [0.2, 0.25) is 0 Å². The van der Waals surface area contributed by atoms with Gasteiger partial charge in [-0.15, -0.1) is 11.3 Å². The fraction of sp³-hybridized carbons (Fsp3) is 0.261. The zero-order valence-corrected chi connectivity index (χ0v) is 17.7. The number of thiazole rings is 1. The molecule has 0 atom stereocenters. The van der Waals surface area contributed by atoms with Gasteiger partial charge >= 0.3 is 0 Å². The molecule has 0 radical (unpaired) electrons. The van der Waals surface area contributed by atoms with Gasteiger partial charge in [0.15, 0.2) is 5.13 Å². The van der Waals surface area contributed by atoms with Gasteiger partial charge in [0.05, 0.1) is 5.69 Å². The molecular formula is C23H25N3O2S. The molecule has 6 heteroatoms. The van der Waals surface area contributed by atoms with Crippen LogP contribution in [0, 0.1) is 12.8 Å². The number of nitrogens with one attached hydrogen (secondary N) is 1. The maximum absolute atomic E-state index is 13.0. The minimum Gasteiger partial charge on any atom is -0.329 e. The van der Waals surface area contributed by atoms with E-state index in [2.05, 4.69) is 10.3 Å². The zero-order valence-electron chi connectivity index (χ0n) is 16.9. The van der Waals surface area contributed by atoms with Crippen LogP contribution in [-0.2, 0) is 4.79 Å². The van der Waals surface area contributed by atoms with Crippen molar-refractivity contribution in [2.24, 2.45) is 5.92 Å². The van der Waals surface area contributed by atoms with Gasteiger partial charge in [0.1, 0.15) is 6.54 Å². The number of anilines is 1. The summed E-state index contributed by atoms with van der Waals surface area (Å²) >= 11 is 1.37. The highest BCUT2D eigenvalue weighted by atomic mass is 32.1. The molecule has 5 nitrogen and oxygen atoms in total. The number of amides is 2. The lowest BCUT2D eigenvalue weighted by molar-refractivity contribution is -0.117. The standard InChI is InChI=1S/C23H25N3O2S/c1-16(2)13-26(22(28)19-12-8-7-9-17(19)3)14-21(27)25-23-24-20(15-29-23)18-10-5-4-6-11-18/h4-12,15-16H,13-14H2,1-3H3,(H,24,25,27). The van der Waals surface area contributed by atoms with Crippen molar-refractivity contribution in [3.63, 3.8) is 0 Å². The molecule has 3 aromatic rings. The summed E-state index contributed by atoms with van der Waals surface area (Å²) < 4.78 is 0. The van der Waals surface area contributed by atoms with Crippen LogP contribution in [0.1, 0.15) is 29.8 Å². The Kier molecular flexibility index (Phi) is 6.77. The number of carbonyl (C=O) groups excluding carboxylic acids is 2. The summed E-state index contributed by atoms with van der Waals surface area (Å²) in [5.74, 6) is -0.127. The molecule has 0 fully saturated rings. The van der Waals surface area contributed by atoms with Crippen molar-refractivity contribution in [2.75, 3.05) is 18.4 Å². The van der Waals surface area contributed by atoms with Crippen molar-refractivity contribution in [3.05, 3.63) is 71.1 Å². The van der Waals surface area contributed by atoms with Gasteiger partial charge in [-0.3, -0.25) is 9.59 Å². The summed E-state index contributed by atoms with van der Waals surface area (Å²) in [6.45, 7) is 6.47. The van der Waals surface area contributed by atoms with Crippen molar-refractivity contribution in [3.8, 4) is 11.3 Å². The molecule has 1 aromatic heterocycles. The van der Waals surface area contributed by atoms with E-state index in [1.807, 2.05) is 74.7 Å². The van der Waals surface area contributed by atoms with Crippen LogP contribution in [0.3, 0.4) is 0 Å². The number of hydrogen-bond acceptors (Lipinski definition) is 4. The number of hydrogen-bond donors (Lipinski definition) is 1. The topological polar surface area (TPSA) is 62.3 Å². The molecule has 1 heterocycles. The second-order valence-corrected chi connectivity index (χ2v) is 8.20. The molecular weight excluding hydrogens is 382 g/mol. The van der Waals surface area contributed by atoms with Crippen molar-refractivity contribution in [1.29, 1.82) is 0 Å². The molecule has 2 aromatic carbocycles. The second-order valence-electron chi connectivity index (χ2n) is 7.35. The average Bonchev–Trinajstić information content (AvgIpc) is 3.16. The number of aromatic nitrogens is 1. The summed E-state index contributed by atoms with van der Waals surface area (Å²) in [5.41, 5.74) is 3.35. The van der Waals surface area contributed by atoms with E-state index in [0.29, 0.717) is 17.2 Å². The summed E-state index contributed by atoms with van der Waals surface area (Å²) in [4.78, 5) is 31.7. The van der Waals surface area contributed by atoms with Gasteiger partial charge in [0.2, 0.25) is 5.91 Å². The normalized spacial score (nSPS) is 10.8. The van der Waals surface area contributed by atoms with E-state index >= 15 is 0 Å². The Labute approximate surface area is 175 Å². The Morgan fingerprint density at radius 1 is 1.07 bits per heavy atom. The molecule has 29 heavy (non-hydrogen) atoms. The third-order valence-corrected chi connectivity index (χ3v) is 5.16. The Morgan fingerprint density at radius 2 is 1.76 bits per heavy atom. The van der Waals surface area contributed by atoms with E-state index < -0.39 is 0 Å². The van der Waals surface area contributed by atoms with Crippen molar-refractivity contribution >= 4 is 28.3 Å². The van der Waals surface area contributed by atoms with Gasteiger partial charge in [-0.05, 0) is 24.5 Å². The van der Waals surface area contributed by atoms with Gasteiger partial charge in [0, 0.05) is 23.1 Å². The summed E-state index contributed by atoms with van der Waals surface area (Å²) in [6, 6.07) is 17.3. The quantitative estimate of drug-likeness (QED) is 0.609. The van der Waals surface area contributed by atoms with E-state index in [9.17, 15) is 9.59 Å². The predicted molar refractivity (Wildman–Crippen MR) is 118 cm³/mol. The molecule has 0 spiro atoms. The van der Waals surface area contributed by atoms with Gasteiger partial charge < -0.3 is 10.2 Å². The minimum atomic E-state index is -0.249. The number of benzene rings is 2. The molecule has 0 saturated heterocycles. The Hall–Kier alpha value is -2.99. The fourth-order valence-electron chi connectivity index (χ4n) is 3.05. The average molecular weight is 408 g/mol. The van der Waals surface area contributed by atoms with Gasteiger partial charge in [-0.1, -0.05) is 62.4 Å². The molecule has 0 saturated carbocycles. The monoisotopic (exact) mass is 407 g/mol. The van der Waals surface area contributed by atoms with Crippen molar-refractivity contribution in [2.45, 2.75) is 20.8 Å². The Morgan fingerprint density at radius 3 is 2.45 bits per heavy atom. The largest absolute Gasteiger partial charge is 0.329 e. The first-order valence-electron chi connectivity index (χ1n) is 9.59. The van der Waals surface area contributed by atoms with Crippen molar-refractivity contribution < 1.29 is 9.59 Å². The molecule has 0 unspecified atom stereocenters. The van der Waals surface area contributed by atoms with E-state index in [0.717, 1.165) is 16.8 Å². The zero-order chi connectivity index (χ0) is 20.8. The summed E-state index contributed by atoms with van der Waals surface area (Å²) in [6.07, 6.45) is 0. The maximum Gasteiger partial charge on any atom is 0.254 e. The lowest BCUT2D eigenvalue weighted by atomic mass is 10.1. The van der Waals surface area contributed by atoms with Crippen LogP contribution >= 0.6 is 11.3 Å². The minimum absolute atomic E-state index is 0.00834. The predicted octanol–water partition coefficient (Wildman–Crippen LogP) is 4.86. The highest BCUT2D eigenvalue weighted by Gasteiger charge is 2.21.